The number of ether oxygens (including phenoxy) is 1. The van der Waals surface area contributed by atoms with Gasteiger partial charge in [0.05, 0.1) is 13.2 Å². The molecule has 2 N–H and O–H groups in total. The summed E-state index contributed by atoms with van der Waals surface area (Å²) in [6.07, 6.45) is 4.93. The molecule has 0 bridgehead atoms. The van der Waals surface area contributed by atoms with Gasteiger partial charge in [-0.1, -0.05) is 25.0 Å². The number of nitrogens with zero attached hydrogens (tertiary/aromatic N) is 1. The first kappa shape index (κ1) is 16.3. The highest BCUT2D eigenvalue weighted by Crippen LogP contribution is 2.22. The van der Waals surface area contributed by atoms with E-state index < -0.39 is 6.10 Å². The molecule has 1 aromatic carbocycles. The molecule has 1 saturated carbocycles. The van der Waals surface area contributed by atoms with Gasteiger partial charge < -0.3 is 20.1 Å². The summed E-state index contributed by atoms with van der Waals surface area (Å²) in [4.78, 5) is 2.44. The predicted molar refractivity (Wildman–Crippen MR) is 85.7 cm³/mol. The van der Waals surface area contributed by atoms with Crippen LogP contribution in [0.25, 0.3) is 0 Å². The van der Waals surface area contributed by atoms with Crippen LogP contribution in [0.2, 0.25) is 0 Å². The minimum atomic E-state index is -0.489. The second-order valence-corrected chi connectivity index (χ2v) is 5.92. The van der Waals surface area contributed by atoms with Crippen molar-refractivity contribution >= 4 is 0 Å². The molecular formula is C17H28N2O2. The largest absolute Gasteiger partial charge is 0.497 e. The van der Waals surface area contributed by atoms with Crippen LogP contribution in [0, 0.1) is 0 Å². The van der Waals surface area contributed by atoms with Crippen molar-refractivity contribution in [3.63, 3.8) is 0 Å². The molecule has 1 unspecified atom stereocenters. The van der Waals surface area contributed by atoms with Gasteiger partial charge in [0.1, 0.15) is 5.75 Å². The molecule has 2 rings (SSSR count). The second kappa shape index (κ2) is 8.37. The van der Waals surface area contributed by atoms with Gasteiger partial charge in [-0.25, -0.2) is 0 Å². The highest BCUT2D eigenvalue weighted by molar-refractivity contribution is 5.29. The van der Waals surface area contributed by atoms with Crippen molar-refractivity contribution < 1.29 is 9.84 Å². The second-order valence-electron chi connectivity index (χ2n) is 5.92. The van der Waals surface area contributed by atoms with Crippen LogP contribution in [0.5, 0.6) is 5.75 Å². The molecule has 0 heterocycles. The monoisotopic (exact) mass is 292 g/mol. The normalized spacial score (nSPS) is 17.3. The van der Waals surface area contributed by atoms with Crippen LogP contribution < -0.4 is 10.1 Å². The molecule has 21 heavy (non-hydrogen) atoms. The molecule has 1 aliphatic carbocycles. The lowest BCUT2D eigenvalue weighted by atomic mass is 10.1. The van der Waals surface area contributed by atoms with E-state index in [2.05, 4.69) is 17.3 Å². The molecule has 0 radical (unpaired) electrons. The van der Waals surface area contributed by atoms with Crippen molar-refractivity contribution in [3.05, 3.63) is 29.8 Å². The average molecular weight is 292 g/mol. The molecular weight excluding hydrogens is 264 g/mol. The number of nitrogens with one attached hydrogen (secondary N) is 1. The molecule has 1 atom stereocenters. The highest BCUT2D eigenvalue weighted by Gasteiger charge is 2.18. The summed E-state index contributed by atoms with van der Waals surface area (Å²) in [5.41, 5.74) is 0.894. The zero-order chi connectivity index (χ0) is 15.1. The fourth-order valence-electron chi connectivity index (χ4n) is 2.99. The van der Waals surface area contributed by atoms with Gasteiger partial charge in [0.15, 0.2) is 0 Å². The van der Waals surface area contributed by atoms with Crippen LogP contribution in [0.3, 0.4) is 0 Å². The Morgan fingerprint density at radius 1 is 1.38 bits per heavy atom. The maximum absolute atomic E-state index is 10.2. The Bertz CT molecular complexity index is 419. The number of hydrogen-bond acceptors (Lipinski definition) is 4. The summed E-state index contributed by atoms with van der Waals surface area (Å²) < 4.78 is 5.18. The third-order valence-corrected chi connectivity index (χ3v) is 4.41. The third-order valence-electron chi connectivity index (χ3n) is 4.41. The lowest BCUT2D eigenvalue weighted by Crippen LogP contribution is -2.36. The summed E-state index contributed by atoms with van der Waals surface area (Å²) in [7, 11) is 3.85. The smallest absolute Gasteiger partial charge is 0.119 e. The van der Waals surface area contributed by atoms with E-state index in [1.165, 1.54) is 25.7 Å². The molecule has 0 spiro atoms. The van der Waals surface area contributed by atoms with Crippen LogP contribution >= 0.6 is 0 Å². The van der Waals surface area contributed by atoms with Gasteiger partial charge in [0.25, 0.3) is 0 Å². The maximum atomic E-state index is 10.2. The summed E-state index contributed by atoms with van der Waals surface area (Å²) in [6, 6.07) is 8.37. The van der Waals surface area contributed by atoms with Crippen LogP contribution in [0.4, 0.5) is 0 Å². The number of likely N-dealkylation sites (N-methyl/N-ethyl adjacent to an activating group) is 1. The Morgan fingerprint density at radius 2 is 2.14 bits per heavy atom. The first-order chi connectivity index (χ1) is 10.2. The third kappa shape index (κ3) is 4.99. The fraction of sp³-hybridized carbons (Fsp3) is 0.647. The number of rotatable bonds is 8. The summed E-state index contributed by atoms with van der Waals surface area (Å²) >= 11 is 0. The standard InChI is InChI=1S/C17H28N2O2/c1-19(15-7-3-4-8-15)11-10-18-13-17(20)14-6-5-9-16(12-14)21-2/h5-6,9,12,15,17-18,20H,3-4,7-8,10-11,13H2,1-2H3. The molecule has 0 amide bonds. The van der Waals surface area contributed by atoms with Crippen LogP contribution in [-0.2, 0) is 0 Å². The number of aliphatic hydroxyl groups excluding tert-OH is 1. The van der Waals surface area contributed by atoms with Crippen LogP contribution in [0.1, 0.15) is 37.4 Å². The van der Waals surface area contributed by atoms with Gasteiger partial charge in [0, 0.05) is 25.7 Å². The lowest BCUT2D eigenvalue weighted by Gasteiger charge is -2.24. The van der Waals surface area contributed by atoms with E-state index in [1.54, 1.807) is 7.11 Å². The molecule has 4 heteroatoms. The molecule has 4 nitrogen and oxygen atoms in total. The topological polar surface area (TPSA) is 44.7 Å². The highest BCUT2D eigenvalue weighted by atomic mass is 16.5. The summed E-state index contributed by atoms with van der Waals surface area (Å²) in [5, 5.41) is 13.5. The first-order valence-electron chi connectivity index (χ1n) is 7.93. The summed E-state index contributed by atoms with van der Waals surface area (Å²) in [6.45, 7) is 2.52. The molecule has 0 saturated heterocycles. The number of benzene rings is 1. The molecule has 0 aliphatic heterocycles. The molecule has 118 valence electrons. The van der Waals surface area contributed by atoms with Gasteiger partial charge in [-0.15, -0.1) is 0 Å². The van der Waals surface area contributed by atoms with Gasteiger partial charge in [-0.3, -0.25) is 0 Å². The minimum Gasteiger partial charge on any atom is -0.497 e. The first-order valence-corrected chi connectivity index (χ1v) is 7.93. The van der Waals surface area contributed by atoms with Crippen LogP contribution in [0.15, 0.2) is 24.3 Å². The SMILES string of the molecule is COc1cccc(C(O)CNCCN(C)C2CCCC2)c1. The van der Waals surface area contributed by atoms with E-state index in [0.29, 0.717) is 6.54 Å². The number of hydrogen-bond donors (Lipinski definition) is 2. The van der Waals surface area contributed by atoms with Gasteiger partial charge in [-0.2, -0.15) is 0 Å². The Labute approximate surface area is 128 Å². The quantitative estimate of drug-likeness (QED) is 0.721. The Kier molecular flexibility index (Phi) is 6.49. The van der Waals surface area contributed by atoms with Gasteiger partial charge in [-0.05, 0) is 37.6 Å². The van der Waals surface area contributed by atoms with Crippen LogP contribution in [-0.4, -0.2) is 49.8 Å². The van der Waals surface area contributed by atoms with E-state index in [0.717, 1.165) is 30.4 Å². The van der Waals surface area contributed by atoms with Crippen molar-refractivity contribution in [2.24, 2.45) is 0 Å². The Balaban J connectivity index is 1.67. The zero-order valence-corrected chi connectivity index (χ0v) is 13.2. The molecule has 1 aromatic rings. The molecule has 1 fully saturated rings. The lowest BCUT2D eigenvalue weighted by molar-refractivity contribution is 0.170. The molecule has 1 aliphatic rings. The van der Waals surface area contributed by atoms with Crippen molar-refractivity contribution in [2.45, 2.75) is 37.8 Å². The zero-order valence-electron chi connectivity index (χ0n) is 13.2. The van der Waals surface area contributed by atoms with Gasteiger partial charge >= 0.3 is 0 Å². The predicted octanol–water partition coefficient (Wildman–Crippen LogP) is 2.19. The molecule has 0 aromatic heterocycles. The van der Waals surface area contributed by atoms with E-state index in [1.807, 2.05) is 24.3 Å². The number of aliphatic hydroxyl groups is 1. The van der Waals surface area contributed by atoms with Crippen molar-refractivity contribution in [1.82, 2.24) is 10.2 Å². The van der Waals surface area contributed by atoms with Crippen molar-refractivity contribution in [1.29, 1.82) is 0 Å². The van der Waals surface area contributed by atoms with Crippen molar-refractivity contribution in [2.75, 3.05) is 33.8 Å². The van der Waals surface area contributed by atoms with E-state index >= 15 is 0 Å². The van der Waals surface area contributed by atoms with Crippen molar-refractivity contribution in [3.8, 4) is 5.75 Å². The Morgan fingerprint density at radius 3 is 2.86 bits per heavy atom. The summed E-state index contributed by atoms with van der Waals surface area (Å²) in [5.74, 6) is 0.785. The van der Waals surface area contributed by atoms with Gasteiger partial charge in [0.2, 0.25) is 0 Å². The van der Waals surface area contributed by atoms with E-state index in [9.17, 15) is 5.11 Å². The van der Waals surface area contributed by atoms with E-state index in [-0.39, 0.29) is 0 Å². The van der Waals surface area contributed by atoms with E-state index in [4.69, 9.17) is 4.74 Å². The number of methoxy groups -OCH3 is 1. The average Bonchev–Trinajstić information content (AvgIpc) is 3.05. The minimum absolute atomic E-state index is 0.489. The Hall–Kier alpha value is -1.10. The fourth-order valence-corrected chi connectivity index (χ4v) is 2.99. The maximum Gasteiger partial charge on any atom is 0.119 e.